The van der Waals surface area contributed by atoms with Gasteiger partial charge in [-0.25, -0.2) is 0 Å². The zero-order valence-electron chi connectivity index (χ0n) is 9.37. The average Bonchev–Trinajstić information content (AvgIpc) is 2.79. The standard InChI is InChI=1S/C13H16BrNO/c1-16-13-7-6-11(14)8-10(13)9-15-12-4-2-3-5-12/h2-3,6-8,12,15H,4-5,9H2,1H3. The lowest BCUT2D eigenvalue weighted by Crippen LogP contribution is -2.25. The van der Waals surface area contributed by atoms with E-state index in [-0.39, 0.29) is 0 Å². The fourth-order valence-electron chi connectivity index (χ4n) is 1.92. The molecule has 86 valence electrons. The summed E-state index contributed by atoms with van der Waals surface area (Å²) in [5, 5.41) is 3.54. The fraction of sp³-hybridized carbons (Fsp3) is 0.385. The molecule has 0 bridgehead atoms. The van der Waals surface area contributed by atoms with E-state index in [0.717, 1.165) is 29.6 Å². The molecule has 0 atom stereocenters. The predicted molar refractivity (Wildman–Crippen MR) is 69.7 cm³/mol. The highest BCUT2D eigenvalue weighted by Gasteiger charge is 2.10. The molecular weight excluding hydrogens is 266 g/mol. The van der Waals surface area contributed by atoms with E-state index in [0.29, 0.717) is 6.04 Å². The third kappa shape index (κ3) is 2.86. The number of hydrogen-bond donors (Lipinski definition) is 1. The summed E-state index contributed by atoms with van der Waals surface area (Å²) in [6.07, 6.45) is 6.73. The van der Waals surface area contributed by atoms with Gasteiger partial charge in [0.25, 0.3) is 0 Å². The van der Waals surface area contributed by atoms with Crippen molar-refractivity contribution in [2.75, 3.05) is 7.11 Å². The summed E-state index contributed by atoms with van der Waals surface area (Å²) in [5.74, 6) is 0.946. The molecule has 1 aliphatic carbocycles. The van der Waals surface area contributed by atoms with E-state index in [1.807, 2.05) is 12.1 Å². The van der Waals surface area contributed by atoms with Crippen LogP contribution in [0.3, 0.4) is 0 Å². The first-order valence-electron chi connectivity index (χ1n) is 5.50. The number of halogens is 1. The highest BCUT2D eigenvalue weighted by Crippen LogP contribution is 2.23. The van der Waals surface area contributed by atoms with Crippen LogP contribution in [0.4, 0.5) is 0 Å². The molecule has 3 heteroatoms. The molecule has 0 unspecified atom stereocenters. The van der Waals surface area contributed by atoms with Crippen molar-refractivity contribution < 1.29 is 4.74 Å². The largest absolute Gasteiger partial charge is 0.496 e. The smallest absolute Gasteiger partial charge is 0.123 e. The van der Waals surface area contributed by atoms with Gasteiger partial charge in [0.15, 0.2) is 0 Å². The van der Waals surface area contributed by atoms with Crippen LogP contribution in [0, 0.1) is 0 Å². The van der Waals surface area contributed by atoms with Crippen molar-refractivity contribution in [1.82, 2.24) is 5.32 Å². The minimum atomic E-state index is 0.587. The lowest BCUT2D eigenvalue weighted by Gasteiger charge is -2.14. The van der Waals surface area contributed by atoms with Crippen LogP contribution >= 0.6 is 15.9 Å². The summed E-state index contributed by atoms with van der Waals surface area (Å²) >= 11 is 3.48. The Morgan fingerprint density at radius 1 is 1.38 bits per heavy atom. The maximum Gasteiger partial charge on any atom is 0.123 e. The SMILES string of the molecule is COc1ccc(Br)cc1CNC1CC=CC1. The Kier molecular flexibility index (Phi) is 4.02. The average molecular weight is 282 g/mol. The molecule has 0 amide bonds. The van der Waals surface area contributed by atoms with Crippen molar-refractivity contribution >= 4 is 15.9 Å². The zero-order chi connectivity index (χ0) is 11.4. The molecule has 1 aliphatic rings. The van der Waals surface area contributed by atoms with Gasteiger partial charge in [-0.3, -0.25) is 0 Å². The minimum absolute atomic E-state index is 0.587. The summed E-state index contributed by atoms with van der Waals surface area (Å²) in [5.41, 5.74) is 1.20. The fourth-order valence-corrected chi connectivity index (χ4v) is 2.33. The van der Waals surface area contributed by atoms with Crippen LogP contribution < -0.4 is 10.1 Å². The molecule has 0 aromatic heterocycles. The highest BCUT2D eigenvalue weighted by molar-refractivity contribution is 9.10. The van der Waals surface area contributed by atoms with E-state index in [2.05, 4.69) is 39.5 Å². The summed E-state index contributed by atoms with van der Waals surface area (Å²) in [7, 11) is 1.71. The second kappa shape index (κ2) is 5.51. The van der Waals surface area contributed by atoms with Crippen LogP contribution in [-0.4, -0.2) is 13.2 Å². The van der Waals surface area contributed by atoms with Gasteiger partial charge in [0.2, 0.25) is 0 Å². The van der Waals surface area contributed by atoms with Crippen LogP contribution in [0.1, 0.15) is 18.4 Å². The molecule has 0 saturated carbocycles. The van der Waals surface area contributed by atoms with E-state index in [4.69, 9.17) is 4.74 Å². The van der Waals surface area contributed by atoms with E-state index in [9.17, 15) is 0 Å². The van der Waals surface area contributed by atoms with Gasteiger partial charge in [0.05, 0.1) is 7.11 Å². The van der Waals surface area contributed by atoms with E-state index < -0.39 is 0 Å². The first kappa shape index (κ1) is 11.7. The maximum atomic E-state index is 5.34. The summed E-state index contributed by atoms with van der Waals surface area (Å²) in [6, 6.07) is 6.69. The van der Waals surface area contributed by atoms with Crippen molar-refractivity contribution in [2.45, 2.75) is 25.4 Å². The lowest BCUT2D eigenvalue weighted by molar-refractivity contribution is 0.405. The number of hydrogen-bond acceptors (Lipinski definition) is 2. The summed E-state index contributed by atoms with van der Waals surface area (Å²) in [4.78, 5) is 0. The number of ether oxygens (including phenoxy) is 1. The van der Waals surface area contributed by atoms with E-state index >= 15 is 0 Å². The van der Waals surface area contributed by atoms with Crippen molar-refractivity contribution in [1.29, 1.82) is 0 Å². The summed E-state index contributed by atoms with van der Waals surface area (Å²) < 4.78 is 6.43. The molecule has 2 nitrogen and oxygen atoms in total. The van der Waals surface area contributed by atoms with Crippen molar-refractivity contribution in [3.8, 4) is 5.75 Å². The van der Waals surface area contributed by atoms with Crippen molar-refractivity contribution in [3.05, 3.63) is 40.4 Å². The Balaban J connectivity index is 1.99. The van der Waals surface area contributed by atoms with Gasteiger partial charge in [0.1, 0.15) is 5.75 Å². The van der Waals surface area contributed by atoms with Crippen LogP contribution in [0.2, 0.25) is 0 Å². The minimum Gasteiger partial charge on any atom is -0.496 e. The van der Waals surface area contributed by atoms with Gasteiger partial charge in [-0.1, -0.05) is 28.1 Å². The van der Waals surface area contributed by atoms with Gasteiger partial charge in [0, 0.05) is 22.6 Å². The molecule has 0 heterocycles. The molecule has 2 rings (SSSR count). The molecule has 0 radical (unpaired) electrons. The number of benzene rings is 1. The second-order valence-electron chi connectivity index (χ2n) is 3.98. The molecule has 1 N–H and O–H groups in total. The molecule has 0 aliphatic heterocycles. The molecule has 0 spiro atoms. The van der Waals surface area contributed by atoms with Crippen LogP contribution in [0.25, 0.3) is 0 Å². The topological polar surface area (TPSA) is 21.3 Å². The van der Waals surface area contributed by atoms with Gasteiger partial charge in [-0.2, -0.15) is 0 Å². The lowest BCUT2D eigenvalue weighted by atomic mass is 10.1. The van der Waals surface area contributed by atoms with Gasteiger partial charge < -0.3 is 10.1 Å². The van der Waals surface area contributed by atoms with E-state index in [1.54, 1.807) is 7.11 Å². The quantitative estimate of drug-likeness (QED) is 0.856. The zero-order valence-corrected chi connectivity index (χ0v) is 11.0. The van der Waals surface area contributed by atoms with E-state index in [1.165, 1.54) is 5.56 Å². The molecule has 0 saturated heterocycles. The van der Waals surface area contributed by atoms with Crippen LogP contribution in [0.15, 0.2) is 34.8 Å². The van der Waals surface area contributed by atoms with Gasteiger partial charge in [-0.15, -0.1) is 0 Å². The third-order valence-electron chi connectivity index (χ3n) is 2.83. The van der Waals surface area contributed by atoms with Crippen molar-refractivity contribution in [3.63, 3.8) is 0 Å². The number of rotatable bonds is 4. The number of methoxy groups -OCH3 is 1. The van der Waals surface area contributed by atoms with Gasteiger partial charge >= 0.3 is 0 Å². The molecule has 1 aromatic carbocycles. The second-order valence-corrected chi connectivity index (χ2v) is 4.89. The Bertz CT molecular complexity index is 382. The molecule has 16 heavy (non-hydrogen) atoms. The Morgan fingerprint density at radius 2 is 2.12 bits per heavy atom. The molecule has 0 fully saturated rings. The third-order valence-corrected chi connectivity index (χ3v) is 3.32. The summed E-state index contributed by atoms with van der Waals surface area (Å²) in [6.45, 7) is 0.856. The Hall–Kier alpha value is -0.800. The normalized spacial score (nSPS) is 15.6. The first-order valence-corrected chi connectivity index (χ1v) is 6.29. The Labute approximate surface area is 105 Å². The monoisotopic (exact) mass is 281 g/mol. The van der Waals surface area contributed by atoms with Crippen LogP contribution in [-0.2, 0) is 6.54 Å². The molecular formula is C13H16BrNO. The van der Waals surface area contributed by atoms with Crippen molar-refractivity contribution in [2.24, 2.45) is 0 Å². The van der Waals surface area contributed by atoms with Crippen LogP contribution in [0.5, 0.6) is 5.75 Å². The highest BCUT2D eigenvalue weighted by atomic mass is 79.9. The Morgan fingerprint density at radius 3 is 2.81 bits per heavy atom. The first-order chi connectivity index (χ1) is 7.79. The maximum absolute atomic E-state index is 5.34. The van der Waals surface area contributed by atoms with Gasteiger partial charge in [-0.05, 0) is 31.0 Å². The number of nitrogens with one attached hydrogen (secondary N) is 1. The molecule has 1 aromatic rings. The predicted octanol–water partition coefficient (Wildman–Crippen LogP) is 3.27.